The first kappa shape index (κ1) is 43.4. The van der Waals surface area contributed by atoms with Gasteiger partial charge in [0.05, 0.1) is 6.61 Å². The number of para-hydroxylation sites is 1. The van der Waals surface area contributed by atoms with Gasteiger partial charge in [0.15, 0.2) is 23.9 Å². The molecule has 314 valence electrons. The Kier molecular flexibility index (Phi) is 14.8. The number of phenolic OH excluding ortho intramolecular Hbond substituents is 1. The van der Waals surface area contributed by atoms with E-state index in [1.165, 1.54) is 24.3 Å². The number of carbonyl (C=O) groups is 3. The molecule has 0 radical (unpaired) electrons. The number of benzene rings is 3. The van der Waals surface area contributed by atoms with E-state index in [2.05, 4.69) is 10.2 Å². The third-order valence-electron chi connectivity index (χ3n) is 10.5. The van der Waals surface area contributed by atoms with Crippen LogP contribution in [0.15, 0.2) is 79.1 Å². The fourth-order valence-corrected chi connectivity index (χ4v) is 7.81. The minimum atomic E-state index is -3.11. The zero-order valence-corrected chi connectivity index (χ0v) is 33.2. The number of pyridine rings is 1. The van der Waals surface area contributed by atoms with Crippen molar-refractivity contribution in [1.29, 1.82) is 0 Å². The first-order valence-electron chi connectivity index (χ1n) is 19.0. The number of aromatic nitrogens is 1. The van der Waals surface area contributed by atoms with Crippen LogP contribution in [0.4, 0.5) is 8.78 Å². The number of phenols is 1. The number of carboxylic acid groups (broad SMARTS) is 1. The summed E-state index contributed by atoms with van der Waals surface area (Å²) in [7, 11) is 0. The lowest BCUT2D eigenvalue weighted by atomic mass is 9.86. The van der Waals surface area contributed by atoms with Crippen LogP contribution in [0, 0.1) is 17.0 Å². The van der Waals surface area contributed by atoms with Crippen molar-refractivity contribution in [3.8, 4) is 17.2 Å². The van der Waals surface area contributed by atoms with Crippen molar-refractivity contribution in [1.82, 2.24) is 10.2 Å². The van der Waals surface area contributed by atoms with Crippen molar-refractivity contribution in [2.45, 2.75) is 63.5 Å². The highest BCUT2D eigenvalue weighted by Gasteiger charge is 2.38. The van der Waals surface area contributed by atoms with Crippen LogP contribution >= 0.6 is 23.2 Å². The summed E-state index contributed by atoms with van der Waals surface area (Å²) in [6.07, 6.45) is 4.57. The molecule has 1 aromatic heterocycles. The fourth-order valence-electron chi connectivity index (χ4n) is 7.21. The molecular formula is C42H43Cl2F2N3O10. The highest BCUT2D eigenvalue weighted by Crippen LogP contribution is 2.39. The summed E-state index contributed by atoms with van der Waals surface area (Å²) in [6.45, 7) is -0.375. The number of nitrogens with one attached hydrogen (secondary N) is 1. The first-order valence-corrected chi connectivity index (χ1v) is 19.8. The molecule has 13 nitrogen and oxygen atoms in total. The van der Waals surface area contributed by atoms with Crippen LogP contribution in [-0.2, 0) is 32.0 Å². The van der Waals surface area contributed by atoms with Crippen LogP contribution in [0.2, 0.25) is 10.0 Å². The molecule has 3 aliphatic heterocycles. The summed E-state index contributed by atoms with van der Waals surface area (Å²) in [4.78, 5) is 38.3. The third-order valence-corrected chi connectivity index (χ3v) is 11.1. The lowest BCUT2D eigenvalue weighted by Gasteiger charge is -2.44. The number of aromatic hydroxyl groups is 1. The Morgan fingerprint density at radius 1 is 0.966 bits per heavy atom. The van der Waals surface area contributed by atoms with Crippen molar-refractivity contribution in [3.63, 3.8) is 0 Å². The van der Waals surface area contributed by atoms with Crippen molar-refractivity contribution in [2.24, 2.45) is 11.8 Å². The Morgan fingerprint density at radius 3 is 2.29 bits per heavy atom. The number of fused-ring (bicyclic) bond motifs is 3. The summed E-state index contributed by atoms with van der Waals surface area (Å²) in [5, 5.41) is 33.6. The number of hydrogen-bond acceptors (Lipinski definition) is 11. The smallest absolute Gasteiger partial charge is 0.387 e. The molecular weight excluding hydrogens is 815 g/mol. The fraction of sp³-hybridized carbons (Fsp3) is 0.381. The normalized spacial score (nSPS) is 19.2. The molecule has 1 unspecified atom stereocenters. The average Bonchev–Trinajstić information content (AvgIpc) is 4.05. The van der Waals surface area contributed by atoms with E-state index in [1.54, 1.807) is 12.1 Å². The zero-order valence-electron chi connectivity index (χ0n) is 31.7. The summed E-state index contributed by atoms with van der Waals surface area (Å²) in [5.41, 5.74) is 1.42. The van der Waals surface area contributed by atoms with Crippen molar-refractivity contribution in [2.75, 3.05) is 26.2 Å². The van der Waals surface area contributed by atoms with Gasteiger partial charge in [-0.2, -0.15) is 13.5 Å². The van der Waals surface area contributed by atoms with Gasteiger partial charge in [0.1, 0.15) is 39.6 Å². The second-order valence-corrected chi connectivity index (χ2v) is 15.3. The maximum absolute atomic E-state index is 13.9. The summed E-state index contributed by atoms with van der Waals surface area (Å²) < 4.78 is 49.7. The number of nitrogens with zero attached hydrogens (tertiary/aromatic N) is 2. The van der Waals surface area contributed by atoms with Crippen molar-refractivity contribution < 1.29 is 57.1 Å². The maximum Gasteiger partial charge on any atom is 0.387 e. The van der Waals surface area contributed by atoms with Crippen LogP contribution < -0.4 is 19.5 Å². The number of piperidine rings is 3. The number of halogens is 4. The van der Waals surface area contributed by atoms with Gasteiger partial charge in [-0.05, 0) is 79.9 Å². The van der Waals surface area contributed by atoms with Crippen LogP contribution in [0.3, 0.4) is 0 Å². The molecule has 4 aliphatic rings. The van der Waals surface area contributed by atoms with Crippen molar-refractivity contribution in [3.05, 3.63) is 122 Å². The standard InChI is InChI=1S/C41H41Cl2F2N3O8.CH2O2/c42-31-20-48(52)21-32(43)30(31)18-34(27-11-12-33(56-41(44)45)35(17-27)53-23-24-9-10-24)54-39(50)29-8-4-7-28(38(29)49)19-46-37(26-5-2-1-3-6-26)40(51)55-36-22-47-15-13-25(36)14-16-47;2-1-3/h1-8,11-12,17,20-21,24-25,34,36-37,41,46,49H,9-10,13-16,18-19,22-23H2;1H,(H,2,3)/t34-,36-,37?;/m0./s1. The Morgan fingerprint density at radius 2 is 1.66 bits per heavy atom. The highest BCUT2D eigenvalue weighted by molar-refractivity contribution is 6.35. The average molecular weight is 859 g/mol. The number of ether oxygens (including phenoxy) is 4. The molecule has 3 aromatic carbocycles. The van der Waals surface area contributed by atoms with Crippen molar-refractivity contribution >= 4 is 41.6 Å². The number of carbonyl (C=O) groups excluding carboxylic acids is 2. The molecule has 4 aromatic rings. The molecule has 1 aliphatic carbocycles. The van der Waals surface area contributed by atoms with E-state index in [-0.39, 0.29) is 76.5 Å². The predicted octanol–water partition coefficient (Wildman–Crippen LogP) is 7.03. The van der Waals surface area contributed by atoms with Gasteiger partial charge >= 0.3 is 18.6 Å². The van der Waals surface area contributed by atoms with E-state index >= 15 is 0 Å². The minimum Gasteiger partial charge on any atom is -0.619 e. The van der Waals surface area contributed by atoms with Gasteiger partial charge in [0.25, 0.3) is 6.47 Å². The van der Waals surface area contributed by atoms with Gasteiger partial charge in [-0.15, -0.1) is 0 Å². The van der Waals surface area contributed by atoms with Crippen LogP contribution in [0.25, 0.3) is 0 Å². The van der Waals surface area contributed by atoms with E-state index in [0.717, 1.165) is 51.2 Å². The van der Waals surface area contributed by atoms with E-state index in [1.807, 2.05) is 30.3 Å². The van der Waals surface area contributed by atoms with E-state index in [4.69, 9.17) is 52.1 Å². The second kappa shape index (κ2) is 20.2. The van der Waals surface area contributed by atoms with Gasteiger partial charge in [0, 0.05) is 30.6 Å². The summed E-state index contributed by atoms with van der Waals surface area (Å²) in [6, 6.07) is 17.0. The number of hydrogen-bond donors (Lipinski definition) is 3. The first-order chi connectivity index (χ1) is 28.4. The quantitative estimate of drug-likeness (QED) is 0.0456. The molecule has 3 N–H and O–H groups in total. The number of rotatable bonds is 16. The molecule has 3 saturated heterocycles. The lowest BCUT2D eigenvalue weighted by molar-refractivity contribution is -0.605. The Balaban J connectivity index is 0.00000189. The molecule has 1 saturated carbocycles. The van der Waals surface area contributed by atoms with Gasteiger partial charge in [-0.1, -0.05) is 71.7 Å². The second-order valence-electron chi connectivity index (χ2n) is 14.5. The molecule has 0 spiro atoms. The summed E-state index contributed by atoms with van der Waals surface area (Å²) in [5.74, 6) is -1.30. The Bertz CT molecular complexity index is 2060. The number of esters is 2. The van der Waals surface area contributed by atoms with Gasteiger partial charge in [0.2, 0.25) is 0 Å². The number of alkyl halides is 2. The molecule has 4 fully saturated rings. The van der Waals surface area contributed by atoms with E-state index in [9.17, 15) is 28.7 Å². The topological polar surface area (TPSA) is 171 Å². The Hall–Kier alpha value is -5.22. The van der Waals surface area contributed by atoms with Gasteiger partial charge in [-0.25, -0.2) is 9.59 Å². The molecule has 4 heterocycles. The van der Waals surface area contributed by atoms with Crippen LogP contribution in [0.1, 0.15) is 70.4 Å². The minimum absolute atomic E-state index is 0.00678. The monoisotopic (exact) mass is 857 g/mol. The van der Waals surface area contributed by atoms with Gasteiger partial charge in [-0.3, -0.25) is 15.0 Å². The largest absolute Gasteiger partial charge is 0.619 e. The van der Waals surface area contributed by atoms with E-state index < -0.39 is 30.7 Å². The SMILES string of the molecule is O=C(O[C@@H](Cc1c(Cl)c[n+]([O-])cc1Cl)c1ccc(OC(F)F)c(OCC2CC2)c1)c1cccc(CNC(C(=O)O[C@H]2CN3CCC2CC3)c2ccccc2)c1O.O=CO. The molecule has 8 rings (SSSR count). The van der Waals surface area contributed by atoms with E-state index in [0.29, 0.717) is 33.9 Å². The molecule has 59 heavy (non-hydrogen) atoms. The highest BCUT2D eigenvalue weighted by atomic mass is 35.5. The van der Waals surface area contributed by atoms with Crippen LogP contribution in [0.5, 0.6) is 17.2 Å². The molecule has 0 amide bonds. The predicted molar refractivity (Wildman–Crippen MR) is 210 cm³/mol. The Labute approximate surface area is 348 Å². The third kappa shape index (κ3) is 11.5. The lowest BCUT2D eigenvalue weighted by Crippen LogP contribution is -2.52. The maximum atomic E-state index is 13.9. The molecule has 17 heteroatoms. The molecule has 3 atom stereocenters. The summed E-state index contributed by atoms with van der Waals surface area (Å²) >= 11 is 12.8. The van der Waals surface area contributed by atoms with Gasteiger partial charge < -0.3 is 34.4 Å². The van der Waals surface area contributed by atoms with Crippen LogP contribution in [-0.4, -0.2) is 72.5 Å². The molecule has 2 bridgehead atoms. The zero-order chi connectivity index (χ0) is 42.1.